The zero-order valence-electron chi connectivity index (χ0n) is 19.2. The van der Waals surface area contributed by atoms with Gasteiger partial charge in [-0.1, -0.05) is 53.5 Å². The number of carbonyl (C=O) groups excluding carboxylic acids is 3. The zero-order valence-corrected chi connectivity index (χ0v) is 21.6. The number of methoxy groups -OCH3 is 2. The van der Waals surface area contributed by atoms with Crippen molar-refractivity contribution in [3.05, 3.63) is 93.5 Å². The first-order chi connectivity index (χ1) is 17.3. The monoisotopic (exact) mass is 542 g/mol. The van der Waals surface area contributed by atoms with E-state index in [-0.39, 0.29) is 12.1 Å². The fraction of sp³-hybridized carbons (Fsp3) is 0.115. The van der Waals surface area contributed by atoms with Gasteiger partial charge < -0.3 is 9.47 Å². The molecule has 36 heavy (non-hydrogen) atoms. The van der Waals surface area contributed by atoms with Crippen LogP contribution in [0.25, 0.3) is 6.08 Å². The van der Waals surface area contributed by atoms with Crippen molar-refractivity contribution >= 4 is 59.1 Å². The first-order valence-corrected chi connectivity index (χ1v) is 12.2. The largest absolute Gasteiger partial charge is 0.493 e. The Kier molecular flexibility index (Phi) is 7.88. The van der Waals surface area contributed by atoms with Crippen LogP contribution in [0, 0.1) is 0 Å². The number of hydrogen-bond acceptors (Lipinski definition) is 6. The summed E-state index contributed by atoms with van der Waals surface area (Å²) in [6, 6.07) is 17.9. The molecule has 1 aliphatic heterocycles. The van der Waals surface area contributed by atoms with Crippen LogP contribution < -0.4 is 9.47 Å². The van der Waals surface area contributed by atoms with Crippen LogP contribution >= 0.6 is 35.1 Å². The summed E-state index contributed by atoms with van der Waals surface area (Å²) in [7, 11) is 2.99. The number of barbiturate groups is 1. The number of imide groups is 2. The molecule has 0 atom stereocenters. The van der Waals surface area contributed by atoms with E-state index in [1.54, 1.807) is 54.6 Å². The second-order valence-electron chi connectivity index (χ2n) is 7.59. The number of amides is 4. The van der Waals surface area contributed by atoms with E-state index < -0.39 is 17.8 Å². The third-order valence-corrected chi connectivity index (χ3v) is 6.87. The highest BCUT2D eigenvalue weighted by Crippen LogP contribution is 2.34. The first kappa shape index (κ1) is 25.6. The molecule has 3 aromatic carbocycles. The third kappa shape index (κ3) is 5.36. The van der Waals surface area contributed by atoms with Gasteiger partial charge in [0.2, 0.25) is 0 Å². The molecule has 0 radical (unpaired) electrons. The molecule has 4 amide bonds. The smallest absolute Gasteiger partial charge is 0.344 e. The third-order valence-electron chi connectivity index (χ3n) is 5.30. The average molecular weight is 543 g/mol. The van der Waals surface area contributed by atoms with Gasteiger partial charge in [0.05, 0.1) is 20.8 Å². The molecule has 1 saturated heterocycles. The van der Waals surface area contributed by atoms with Crippen molar-refractivity contribution < 1.29 is 23.9 Å². The lowest BCUT2D eigenvalue weighted by Crippen LogP contribution is -2.53. The molecular weight excluding hydrogens is 523 g/mol. The fourth-order valence-electron chi connectivity index (χ4n) is 3.49. The standard InChI is InChI=1S/C26H20Cl2N2O5S/c1-34-22-11-8-16(13-23(22)35-2)12-20-24(31)29(15-17-9-10-18(27)14-21(17)28)26(33)30(25(20)32)36-19-6-4-3-5-7-19/h3-14H,15H2,1-2H3/b20-12+. The van der Waals surface area contributed by atoms with Crippen LogP contribution in [-0.4, -0.2) is 41.3 Å². The van der Waals surface area contributed by atoms with Crippen molar-refractivity contribution in [2.75, 3.05) is 14.2 Å². The Morgan fingerprint density at radius 1 is 0.861 bits per heavy atom. The van der Waals surface area contributed by atoms with Crippen molar-refractivity contribution in [2.45, 2.75) is 11.4 Å². The summed E-state index contributed by atoms with van der Waals surface area (Å²) >= 11 is 13.2. The maximum absolute atomic E-state index is 13.5. The van der Waals surface area contributed by atoms with Gasteiger partial charge in [0.1, 0.15) is 5.57 Å². The Labute approximate surface area is 222 Å². The maximum atomic E-state index is 13.5. The molecule has 3 aromatic rings. The molecule has 0 unspecified atom stereocenters. The Hall–Kier alpha value is -3.46. The number of carbonyl (C=O) groups is 3. The zero-order chi connectivity index (χ0) is 25.8. The van der Waals surface area contributed by atoms with Crippen molar-refractivity contribution in [3.8, 4) is 11.5 Å². The van der Waals surface area contributed by atoms with E-state index in [0.29, 0.717) is 37.6 Å². The van der Waals surface area contributed by atoms with E-state index in [2.05, 4.69) is 0 Å². The highest BCUT2D eigenvalue weighted by molar-refractivity contribution is 7.98. The van der Waals surface area contributed by atoms with E-state index in [1.807, 2.05) is 6.07 Å². The van der Waals surface area contributed by atoms with Crippen LogP contribution in [0.3, 0.4) is 0 Å². The highest BCUT2D eigenvalue weighted by atomic mass is 35.5. The van der Waals surface area contributed by atoms with Gasteiger partial charge in [0.25, 0.3) is 11.8 Å². The first-order valence-electron chi connectivity index (χ1n) is 10.6. The molecule has 4 rings (SSSR count). The van der Waals surface area contributed by atoms with Gasteiger partial charge in [-0.15, -0.1) is 0 Å². The van der Waals surface area contributed by atoms with Gasteiger partial charge in [0, 0.05) is 14.9 Å². The number of urea groups is 1. The second-order valence-corrected chi connectivity index (χ2v) is 9.45. The molecule has 0 bridgehead atoms. The van der Waals surface area contributed by atoms with Crippen LogP contribution in [0.15, 0.2) is 77.2 Å². The molecule has 1 heterocycles. The van der Waals surface area contributed by atoms with E-state index >= 15 is 0 Å². The topological polar surface area (TPSA) is 76.2 Å². The van der Waals surface area contributed by atoms with E-state index in [9.17, 15) is 14.4 Å². The van der Waals surface area contributed by atoms with Gasteiger partial charge in [-0.2, -0.15) is 4.31 Å². The van der Waals surface area contributed by atoms with Crippen molar-refractivity contribution in [2.24, 2.45) is 0 Å². The normalized spacial score (nSPS) is 15.0. The quantitative estimate of drug-likeness (QED) is 0.204. The predicted octanol–water partition coefficient (Wildman–Crippen LogP) is 6.09. The molecule has 1 aliphatic rings. The lowest BCUT2D eigenvalue weighted by atomic mass is 10.1. The molecule has 10 heteroatoms. The average Bonchev–Trinajstić information content (AvgIpc) is 2.88. The Morgan fingerprint density at radius 3 is 2.25 bits per heavy atom. The fourth-order valence-corrected chi connectivity index (χ4v) is 4.81. The summed E-state index contributed by atoms with van der Waals surface area (Å²) in [6.07, 6.45) is 1.42. The van der Waals surface area contributed by atoms with Crippen LogP contribution in [0.2, 0.25) is 10.0 Å². The number of ether oxygens (including phenoxy) is 2. The van der Waals surface area contributed by atoms with Crippen LogP contribution in [0.1, 0.15) is 11.1 Å². The summed E-state index contributed by atoms with van der Waals surface area (Å²) in [5.41, 5.74) is 0.843. The molecule has 7 nitrogen and oxygen atoms in total. The van der Waals surface area contributed by atoms with Crippen molar-refractivity contribution in [3.63, 3.8) is 0 Å². The Balaban J connectivity index is 1.76. The summed E-state index contributed by atoms with van der Waals surface area (Å²) in [5.74, 6) is -0.543. The van der Waals surface area contributed by atoms with Crippen LogP contribution in [-0.2, 0) is 16.1 Å². The van der Waals surface area contributed by atoms with E-state index in [4.69, 9.17) is 32.7 Å². The summed E-state index contributed by atoms with van der Waals surface area (Å²) in [6.45, 7) is -0.143. The summed E-state index contributed by atoms with van der Waals surface area (Å²) in [4.78, 5) is 41.9. The van der Waals surface area contributed by atoms with Gasteiger partial charge in [-0.3, -0.25) is 14.5 Å². The minimum atomic E-state index is -0.769. The van der Waals surface area contributed by atoms with E-state index in [1.165, 1.54) is 26.4 Å². The number of benzene rings is 3. The van der Waals surface area contributed by atoms with Crippen LogP contribution in [0.5, 0.6) is 11.5 Å². The van der Waals surface area contributed by atoms with Gasteiger partial charge in [-0.25, -0.2) is 4.79 Å². The molecular formula is C26H20Cl2N2O5S. The van der Waals surface area contributed by atoms with Gasteiger partial charge >= 0.3 is 6.03 Å². The van der Waals surface area contributed by atoms with E-state index in [0.717, 1.165) is 21.2 Å². The van der Waals surface area contributed by atoms with Gasteiger partial charge in [-0.05, 0) is 65.5 Å². The molecule has 0 spiro atoms. The Bertz CT molecular complexity index is 1360. The number of hydrogen-bond donors (Lipinski definition) is 0. The lowest BCUT2D eigenvalue weighted by Gasteiger charge is -2.33. The molecule has 0 saturated carbocycles. The highest BCUT2D eigenvalue weighted by Gasteiger charge is 2.43. The summed E-state index contributed by atoms with van der Waals surface area (Å²) < 4.78 is 11.6. The van der Waals surface area contributed by atoms with Crippen LogP contribution in [0.4, 0.5) is 4.79 Å². The van der Waals surface area contributed by atoms with Crippen molar-refractivity contribution in [1.29, 1.82) is 0 Å². The molecule has 0 aromatic heterocycles. The molecule has 184 valence electrons. The number of nitrogens with zero attached hydrogens (tertiary/aromatic N) is 2. The SMILES string of the molecule is COc1ccc(/C=C2\C(=O)N(Cc3ccc(Cl)cc3Cl)C(=O)N(Sc3ccccc3)C2=O)cc1OC. The Morgan fingerprint density at radius 2 is 1.58 bits per heavy atom. The molecule has 1 fully saturated rings. The minimum Gasteiger partial charge on any atom is -0.493 e. The minimum absolute atomic E-state index is 0.143. The number of rotatable bonds is 7. The summed E-state index contributed by atoms with van der Waals surface area (Å²) in [5, 5.41) is 0.721. The van der Waals surface area contributed by atoms with Crippen molar-refractivity contribution in [1.82, 2.24) is 9.21 Å². The number of halogens is 2. The molecule has 0 aliphatic carbocycles. The predicted molar refractivity (Wildman–Crippen MR) is 139 cm³/mol. The maximum Gasteiger partial charge on any atom is 0.344 e. The lowest BCUT2D eigenvalue weighted by molar-refractivity contribution is -0.133. The van der Waals surface area contributed by atoms with Gasteiger partial charge in [0.15, 0.2) is 11.5 Å². The molecule has 0 N–H and O–H groups in total. The second kappa shape index (κ2) is 11.1.